The first-order chi connectivity index (χ1) is 10.1. The molecule has 1 amide bonds. The van der Waals surface area contributed by atoms with Gasteiger partial charge in [0.1, 0.15) is 5.60 Å². The van der Waals surface area contributed by atoms with Crippen LogP contribution >= 0.6 is 0 Å². The van der Waals surface area contributed by atoms with E-state index in [-0.39, 0.29) is 24.8 Å². The predicted octanol–water partition coefficient (Wildman–Crippen LogP) is 2.53. The van der Waals surface area contributed by atoms with Gasteiger partial charge in [-0.15, -0.1) is 0 Å². The minimum atomic E-state index is -3.37. The molecule has 3 atom stereocenters. The zero-order valence-corrected chi connectivity index (χ0v) is 14.7. The van der Waals surface area contributed by atoms with Crippen LogP contribution in [0.25, 0.3) is 0 Å². The van der Waals surface area contributed by atoms with Gasteiger partial charge in [0.2, 0.25) is 0 Å². The summed E-state index contributed by atoms with van der Waals surface area (Å²) in [7, 11) is -3.37. The van der Waals surface area contributed by atoms with Gasteiger partial charge in [0.05, 0.1) is 12.9 Å². The van der Waals surface area contributed by atoms with Crippen molar-refractivity contribution in [2.45, 2.75) is 70.6 Å². The fraction of sp³-hybridized carbons (Fsp3) is 0.933. The second-order valence-electron chi connectivity index (χ2n) is 7.42. The molecule has 2 saturated heterocycles. The van der Waals surface area contributed by atoms with E-state index in [1.807, 2.05) is 25.7 Å². The summed E-state index contributed by atoms with van der Waals surface area (Å²) in [6, 6.07) is 0.439. The highest BCUT2D eigenvalue weighted by molar-refractivity contribution is 7.85. The molecular formula is C15H27NO5S. The third-order valence-corrected chi connectivity index (χ3v) is 4.85. The summed E-state index contributed by atoms with van der Waals surface area (Å²) in [4.78, 5) is 14.2. The van der Waals surface area contributed by atoms with Gasteiger partial charge in [0.15, 0.2) is 0 Å². The predicted molar refractivity (Wildman–Crippen MR) is 83.0 cm³/mol. The highest BCUT2D eigenvalue weighted by Crippen LogP contribution is 2.40. The second kappa shape index (κ2) is 6.35. The summed E-state index contributed by atoms with van der Waals surface area (Å²) in [6.45, 7) is 5.86. The number of fused-ring (bicyclic) bond motifs is 2. The Morgan fingerprint density at radius 3 is 2.18 bits per heavy atom. The van der Waals surface area contributed by atoms with Crippen molar-refractivity contribution in [3.63, 3.8) is 0 Å². The van der Waals surface area contributed by atoms with Gasteiger partial charge in [-0.2, -0.15) is 8.42 Å². The van der Waals surface area contributed by atoms with Gasteiger partial charge >= 0.3 is 6.09 Å². The fourth-order valence-electron chi connectivity index (χ4n) is 3.50. The standard InChI is InChI=1S/C15H27NO5S/c1-15(2,3)21-14(17)16-12-5-6-13(16)10-11(9-12)7-8-20-22(4,18)19/h11-13H,5-10H2,1-4H3/t11?,12-,13+. The summed E-state index contributed by atoms with van der Waals surface area (Å²) in [5.74, 6) is 0.415. The smallest absolute Gasteiger partial charge is 0.410 e. The summed E-state index contributed by atoms with van der Waals surface area (Å²) < 4.78 is 32.3. The lowest BCUT2D eigenvalue weighted by molar-refractivity contribution is 0.00106. The number of piperidine rings is 1. The number of hydrogen-bond acceptors (Lipinski definition) is 5. The van der Waals surface area contributed by atoms with Gasteiger partial charge < -0.3 is 9.64 Å². The molecule has 1 unspecified atom stereocenters. The maximum atomic E-state index is 12.3. The third-order valence-electron chi connectivity index (χ3n) is 4.26. The van der Waals surface area contributed by atoms with Crippen molar-refractivity contribution in [2.24, 2.45) is 5.92 Å². The van der Waals surface area contributed by atoms with Crippen LogP contribution < -0.4 is 0 Å². The Balaban J connectivity index is 1.87. The van der Waals surface area contributed by atoms with Crippen molar-refractivity contribution < 1.29 is 22.1 Å². The maximum Gasteiger partial charge on any atom is 0.410 e. The second-order valence-corrected chi connectivity index (χ2v) is 9.07. The molecule has 2 aliphatic rings. The number of amides is 1. The molecule has 0 spiro atoms. The Morgan fingerprint density at radius 1 is 1.18 bits per heavy atom. The van der Waals surface area contributed by atoms with Crippen LogP contribution in [0.1, 0.15) is 52.9 Å². The van der Waals surface area contributed by atoms with Crippen molar-refractivity contribution in [1.82, 2.24) is 4.90 Å². The zero-order chi connectivity index (χ0) is 16.5. The quantitative estimate of drug-likeness (QED) is 0.739. The average Bonchev–Trinajstić information content (AvgIpc) is 2.58. The van der Waals surface area contributed by atoms with E-state index < -0.39 is 15.7 Å². The first-order valence-electron chi connectivity index (χ1n) is 7.91. The molecule has 128 valence electrons. The molecule has 2 aliphatic heterocycles. The minimum absolute atomic E-state index is 0.217. The summed E-state index contributed by atoms with van der Waals surface area (Å²) >= 11 is 0. The minimum Gasteiger partial charge on any atom is -0.444 e. The van der Waals surface area contributed by atoms with Gasteiger partial charge in [-0.1, -0.05) is 0 Å². The van der Waals surface area contributed by atoms with Crippen molar-refractivity contribution >= 4 is 16.2 Å². The van der Waals surface area contributed by atoms with Gasteiger partial charge in [0.25, 0.3) is 10.1 Å². The van der Waals surface area contributed by atoms with Crippen LogP contribution in [0.4, 0.5) is 4.79 Å². The monoisotopic (exact) mass is 333 g/mol. The van der Waals surface area contributed by atoms with Crippen LogP contribution in [0.2, 0.25) is 0 Å². The van der Waals surface area contributed by atoms with E-state index in [0.29, 0.717) is 5.92 Å². The van der Waals surface area contributed by atoms with Crippen molar-refractivity contribution in [1.29, 1.82) is 0 Å². The lowest BCUT2D eigenvalue weighted by atomic mass is 9.89. The van der Waals surface area contributed by atoms with Crippen LogP contribution in [0.3, 0.4) is 0 Å². The molecule has 2 heterocycles. The number of carbonyl (C=O) groups excluding carboxylic acids is 1. The lowest BCUT2D eigenvalue weighted by Crippen LogP contribution is -2.48. The number of ether oxygens (including phenoxy) is 1. The normalized spacial score (nSPS) is 28.7. The Morgan fingerprint density at radius 2 is 1.73 bits per heavy atom. The van der Waals surface area contributed by atoms with Crippen molar-refractivity contribution in [2.75, 3.05) is 12.9 Å². The fourth-order valence-corrected chi connectivity index (χ4v) is 3.90. The molecule has 2 bridgehead atoms. The largest absolute Gasteiger partial charge is 0.444 e. The molecule has 0 radical (unpaired) electrons. The molecule has 22 heavy (non-hydrogen) atoms. The number of rotatable bonds is 4. The van der Waals surface area contributed by atoms with Crippen LogP contribution in [-0.2, 0) is 19.0 Å². The molecule has 7 heteroatoms. The van der Waals surface area contributed by atoms with Crippen LogP contribution in [0.15, 0.2) is 0 Å². The van der Waals surface area contributed by atoms with E-state index in [0.717, 1.165) is 38.4 Å². The van der Waals surface area contributed by atoms with Crippen LogP contribution in [-0.4, -0.2) is 50.0 Å². The average molecular weight is 333 g/mol. The Bertz CT molecular complexity index is 497. The third kappa shape index (κ3) is 4.84. The Labute approximate surface area is 133 Å². The summed E-state index contributed by atoms with van der Waals surface area (Å²) in [5.41, 5.74) is -0.475. The van der Waals surface area contributed by atoms with E-state index in [4.69, 9.17) is 8.92 Å². The molecular weight excluding hydrogens is 306 g/mol. The van der Waals surface area contributed by atoms with E-state index in [9.17, 15) is 13.2 Å². The van der Waals surface area contributed by atoms with Gasteiger partial charge in [0, 0.05) is 12.1 Å². The highest BCUT2D eigenvalue weighted by atomic mass is 32.2. The Kier molecular flexibility index (Phi) is 5.06. The summed E-state index contributed by atoms with van der Waals surface area (Å²) in [6.07, 6.45) is 5.40. The zero-order valence-electron chi connectivity index (χ0n) is 13.9. The molecule has 2 fully saturated rings. The van der Waals surface area contributed by atoms with Crippen molar-refractivity contribution in [3.05, 3.63) is 0 Å². The number of nitrogens with zero attached hydrogens (tertiary/aromatic N) is 1. The molecule has 0 aromatic heterocycles. The summed E-state index contributed by atoms with van der Waals surface area (Å²) in [5, 5.41) is 0. The molecule has 0 aromatic carbocycles. The molecule has 0 saturated carbocycles. The highest BCUT2D eigenvalue weighted by Gasteiger charge is 2.44. The number of carbonyl (C=O) groups is 1. The topological polar surface area (TPSA) is 72.9 Å². The molecule has 0 aromatic rings. The number of hydrogen-bond donors (Lipinski definition) is 0. The molecule has 0 aliphatic carbocycles. The maximum absolute atomic E-state index is 12.3. The molecule has 6 nitrogen and oxygen atoms in total. The van der Waals surface area contributed by atoms with E-state index in [1.54, 1.807) is 0 Å². The Hall–Kier alpha value is -0.820. The van der Waals surface area contributed by atoms with Gasteiger partial charge in [-0.25, -0.2) is 4.79 Å². The van der Waals surface area contributed by atoms with Gasteiger partial charge in [-0.3, -0.25) is 4.18 Å². The van der Waals surface area contributed by atoms with E-state index in [1.165, 1.54) is 0 Å². The first kappa shape index (κ1) is 17.5. The first-order valence-corrected chi connectivity index (χ1v) is 9.72. The van der Waals surface area contributed by atoms with Crippen LogP contribution in [0.5, 0.6) is 0 Å². The van der Waals surface area contributed by atoms with E-state index in [2.05, 4.69) is 0 Å². The van der Waals surface area contributed by atoms with Crippen LogP contribution in [0, 0.1) is 5.92 Å². The molecule has 0 N–H and O–H groups in total. The van der Waals surface area contributed by atoms with Crippen molar-refractivity contribution in [3.8, 4) is 0 Å². The molecule has 2 rings (SSSR count). The van der Waals surface area contributed by atoms with Gasteiger partial charge in [-0.05, 0) is 58.8 Å². The van der Waals surface area contributed by atoms with E-state index >= 15 is 0 Å². The lowest BCUT2D eigenvalue weighted by Gasteiger charge is -2.39. The SMILES string of the molecule is CC(C)(C)OC(=O)N1[C@@H]2CC[C@H]1CC(CCOS(C)(=O)=O)C2.